The van der Waals surface area contributed by atoms with Crippen LogP contribution < -0.4 is 10.2 Å². The van der Waals surface area contributed by atoms with Gasteiger partial charge in [-0.3, -0.25) is 0 Å². The average molecular weight is 256 g/mol. The fourth-order valence-electron chi connectivity index (χ4n) is 2.00. The van der Waals surface area contributed by atoms with E-state index in [4.69, 9.17) is 11.6 Å². The molecule has 0 amide bonds. The van der Waals surface area contributed by atoms with Crippen molar-refractivity contribution in [1.29, 1.82) is 0 Å². The van der Waals surface area contributed by atoms with Crippen LogP contribution in [0.5, 0.6) is 0 Å². The second-order valence-electron chi connectivity index (χ2n) is 5.09. The Kier molecular flexibility index (Phi) is 3.38. The van der Waals surface area contributed by atoms with Crippen molar-refractivity contribution in [2.24, 2.45) is 5.41 Å². The number of hydrogen-bond acceptors (Lipinski definition) is 5. The summed E-state index contributed by atoms with van der Waals surface area (Å²) in [6.45, 7) is 9.20. The molecule has 0 unspecified atom stereocenters. The third-order valence-electron chi connectivity index (χ3n) is 2.89. The molecule has 5 nitrogen and oxygen atoms in total. The van der Waals surface area contributed by atoms with E-state index in [9.17, 15) is 0 Å². The highest BCUT2D eigenvalue weighted by Crippen LogP contribution is 2.31. The first-order chi connectivity index (χ1) is 8.00. The monoisotopic (exact) mass is 255 g/mol. The third-order valence-corrected chi connectivity index (χ3v) is 3.06. The average Bonchev–Trinajstić information content (AvgIpc) is 2.58. The molecule has 1 aliphatic heterocycles. The molecule has 17 heavy (non-hydrogen) atoms. The van der Waals surface area contributed by atoms with Crippen LogP contribution in [-0.4, -0.2) is 34.6 Å². The number of halogens is 1. The molecule has 0 radical (unpaired) electrons. The van der Waals surface area contributed by atoms with Gasteiger partial charge in [-0.2, -0.15) is 15.0 Å². The minimum Gasteiger partial charge on any atom is -0.354 e. The minimum atomic E-state index is 0.246. The summed E-state index contributed by atoms with van der Waals surface area (Å²) in [4.78, 5) is 14.8. The van der Waals surface area contributed by atoms with Crippen LogP contribution >= 0.6 is 11.6 Å². The predicted octanol–water partition coefficient (Wildman–Crippen LogP) is 2.19. The van der Waals surface area contributed by atoms with E-state index >= 15 is 0 Å². The van der Waals surface area contributed by atoms with Crippen molar-refractivity contribution in [2.45, 2.75) is 27.2 Å². The quantitative estimate of drug-likeness (QED) is 0.897. The molecule has 1 N–H and O–H groups in total. The zero-order chi connectivity index (χ0) is 12.5. The zero-order valence-electron chi connectivity index (χ0n) is 10.5. The molecule has 2 heterocycles. The molecule has 0 aliphatic carbocycles. The molecule has 0 aromatic carbocycles. The van der Waals surface area contributed by atoms with Crippen molar-refractivity contribution in [3.63, 3.8) is 0 Å². The van der Waals surface area contributed by atoms with Crippen LogP contribution in [0.4, 0.5) is 11.9 Å². The summed E-state index contributed by atoms with van der Waals surface area (Å²) in [6.07, 6.45) is 1.15. The first-order valence-corrected chi connectivity index (χ1v) is 6.28. The maximum absolute atomic E-state index is 5.91. The first kappa shape index (κ1) is 12.4. The Morgan fingerprint density at radius 3 is 2.71 bits per heavy atom. The van der Waals surface area contributed by atoms with Gasteiger partial charge in [0.05, 0.1) is 0 Å². The molecule has 94 valence electrons. The lowest BCUT2D eigenvalue weighted by Crippen LogP contribution is -2.25. The third kappa shape index (κ3) is 2.97. The van der Waals surface area contributed by atoms with Crippen LogP contribution in [0.15, 0.2) is 0 Å². The largest absolute Gasteiger partial charge is 0.354 e. The topological polar surface area (TPSA) is 53.9 Å². The van der Waals surface area contributed by atoms with Crippen LogP contribution in [0.25, 0.3) is 0 Å². The summed E-state index contributed by atoms with van der Waals surface area (Å²) in [7, 11) is 0. The van der Waals surface area contributed by atoms with E-state index in [0.717, 1.165) is 26.1 Å². The molecule has 0 bridgehead atoms. The summed E-state index contributed by atoms with van der Waals surface area (Å²) >= 11 is 5.91. The number of nitrogens with one attached hydrogen (secondary N) is 1. The summed E-state index contributed by atoms with van der Waals surface area (Å²) in [6, 6.07) is 0. The summed E-state index contributed by atoms with van der Waals surface area (Å²) in [5.74, 6) is 1.22. The molecule has 1 aliphatic rings. The van der Waals surface area contributed by atoms with E-state index < -0.39 is 0 Å². The molecule has 6 heteroatoms. The minimum absolute atomic E-state index is 0.246. The molecular weight excluding hydrogens is 238 g/mol. The van der Waals surface area contributed by atoms with Gasteiger partial charge in [0.25, 0.3) is 0 Å². The summed E-state index contributed by atoms with van der Waals surface area (Å²) < 4.78 is 0. The van der Waals surface area contributed by atoms with Crippen molar-refractivity contribution >= 4 is 23.5 Å². The van der Waals surface area contributed by atoms with Gasteiger partial charge in [-0.15, -0.1) is 0 Å². The van der Waals surface area contributed by atoms with Gasteiger partial charge in [0.1, 0.15) is 0 Å². The van der Waals surface area contributed by atoms with Gasteiger partial charge in [0, 0.05) is 19.6 Å². The van der Waals surface area contributed by atoms with E-state index in [2.05, 4.69) is 39.0 Å². The van der Waals surface area contributed by atoms with Crippen LogP contribution in [-0.2, 0) is 0 Å². The van der Waals surface area contributed by atoms with Crippen molar-refractivity contribution in [3.05, 3.63) is 5.28 Å². The van der Waals surface area contributed by atoms with Crippen LogP contribution in [0.3, 0.4) is 0 Å². The van der Waals surface area contributed by atoms with Crippen molar-refractivity contribution < 1.29 is 0 Å². The SMILES string of the molecule is CCNc1nc(Cl)nc(N2CCC(C)(C)C2)n1. The normalized spacial score (nSPS) is 18.5. The molecule has 0 saturated carbocycles. The highest BCUT2D eigenvalue weighted by molar-refractivity contribution is 6.28. The van der Waals surface area contributed by atoms with E-state index in [1.54, 1.807) is 0 Å². The molecular formula is C11H18ClN5. The van der Waals surface area contributed by atoms with E-state index in [1.165, 1.54) is 0 Å². The highest BCUT2D eigenvalue weighted by atomic mass is 35.5. The maximum atomic E-state index is 5.91. The van der Waals surface area contributed by atoms with Gasteiger partial charge < -0.3 is 10.2 Å². The fraction of sp³-hybridized carbons (Fsp3) is 0.727. The van der Waals surface area contributed by atoms with Crippen LogP contribution in [0.1, 0.15) is 27.2 Å². The predicted molar refractivity (Wildman–Crippen MR) is 69.6 cm³/mol. The van der Waals surface area contributed by atoms with Gasteiger partial charge in [0.2, 0.25) is 17.2 Å². The lowest BCUT2D eigenvalue weighted by molar-refractivity contribution is 0.418. The summed E-state index contributed by atoms with van der Waals surface area (Å²) in [5.41, 5.74) is 0.317. The summed E-state index contributed by atoms with van der Waals surface area (Å²) in [5, 5.41) is 3.31. The number of aromatic nitrogens is 3. The number of anilines is 2. The fourth-order valence-corrected chi connectivity index (χ4v) is 2.16. The standard InChI is InChI=1S/C11H18ClN5/c1-4-13-9-14-8(12)15-10(16-9)17-6-5-11(2,3)7-17/h4-7H2,1-3H3,(H,13,14,15,16). The second-order valence-corrected chi connectivity index (χ2v) is 5.43. The Morgan fingerprint density at radius 2 is 2.12 bits per heavy atom. The van der Waals surface area contributed by atoms with E-state index in [-0.39, 0.29) is 5.28 Å². The Hall–Kier alpha value is -1.10. The molecule has 1 saturated heterocycles. The molecule has 0 atom stereocenters. The lowest BCUT2D eigenvalue weighted by Gasteiger charge is -2.20. The molecule has 0 spiro atoms. The Balaban J connectivity index is 2.21. The number of hydrogen-bond donors (Lipinski definition) is 1. The van der Waals surface area contributed by atoms with Crippen LogP contribution in [0, 0.1) is 5.41 Å². The van der Waals surface area contributed by atoms with Gasteiger partial charge >= 0.3 is 0 Å². The first-order valence-electron chi connectivity index (χ1n) is 5.90. The second kappa shape index (κ2) is 4.64. The smallest absolute Gasteiger partial charge is 0.231 e. The molecule has 1 aromatic rings. The Labute approximate surface area is 107 Å². The van der Waals surface area contributed by atoms with Crippen molar-refractivity contribution in [1.82, 2.24) is 15.0 Å². The molecule has 2 rings (SSSR count). The van der Waals surface area contributed by atoms with Crippen LogP contribution in [0.2, 0.25) is 5.28 Å². The maximum Gasteiger partial charge on any atom is 0.231 e. The number of rotatable bonds is 3. The molecule has 1 aromatic heterocycles. The lowest BCUT2D eigenvalue weighted by atomic mass is 9.93. The van der Waals surface area contributed by atoms with Crippen molar-refractivity contribution in [2.75, 3.05) is 29.9 Å². The van der Waals surface area contributed by atoms with Gasteiger partial charge in [-0.25, -0.2) is 0 Å². The van der Waals surface area contributed by atoms with Crippen molar-refractivity contribution in [3.8, 4) is 0 Å². The van der Waals surface area contributed by atoms with Gasteiger partial charge in [-0.05, 0) is 30.4 Å². The van der Waals surface area contributed by atoms with Gasteiger partial charge in [-0.1, -0.05) is 13.8 Å². The molecule has 1 fully saturated rings. The Morgan fingerprint density at radius 1 is 1.35 bits per heavy atom. The zero-order valence-corrected chi connectivity index (χ0v) is 11.3. The van der Waals surface area contributed by atoms with E-state index in [0.29, 0.717) is 17.3 Å². The Bertz CT molecular complexity index is 407. The highest BCUT2D eigenvalue weighted by Gasteiger charge is 2.31. The number of nitrogens with zero attached hydrogens (tertiary/aromatic N) is 4. The van der Waals surface area contributed by atoms with E-state index in [1.807, 2.05) is 6.92 Å². The van der Waals surface area contributed by atoms with Gasteiger partial charge in [0.15, 0.2) is 0 Å².